The number of hydrogen-bond acceptors (Lipinski definition) is 3. The highest BCUT2D eigenvalue weighted by molar-refractivity contribution is 5.85. The van der Waals surface area contributed by atoms with Gasteiger partial charge in [-0.2, -0.15) is 0 Å². The summed E-state index contributed by atoms with van der Waals surface area (Å²) in [7, 11) is 1.66. The fraction of sp³-hybridized carbons (Fsp3) is 0.462. The molecule has 0 bridgehead atoms. The van der Waals surface area contributed by atoms with Crippen molar-refractivity contribution in [1.29, 1.82) is 0 Å². The zero-order chi connectivity index (χ0) is 12.7. The number of nitrogens with one attached hydrogen (secondary N) is 1. The monoisotopic (exact) mass is 272 g/mol. The molecule has 18 heavy (non-hydrogen) atoms. The van der Waals surface area contributed by atoms with E-state index in [-0.39, 0.29) is 18.3 Å². The van der Waals surface area contributed by atoms with E-state index in [0.29, 0.717) is 31.2 Å². The van der Waals surface area contributed by atoms with Crippen molar-refractivity contribution >= 4 is 24.0 Å². The van der Waals surface area contributed by atoms with Crippen molar-refractivity contribution in [1.82, 2.24) is 5.32 Å². The first-order chi connectivity index (χ1) is 8.11. The van der Waals surface area contributed by atoms with E-state index in [9.17, 15) is 4.79 Å². The molecule has 0 aliphatic heterocycles. The molecule has 0 fully saturated rings. The summed E-state index contributed by atoms with van der Waals surface area (Å²) in [6, 6.07) is 7.34. The summed E-state index contributed by atoms with van der Waals surface area (Å²) in [5.74, 6) is 0.355. The lowest BCUT2D eigenvalue weighted by Gasteiger charge is -2.11. The Morgan fingerprint density at radius 3 is 2.56 bits per heavy atom. The van der Waals surface area contributed by atoms with Crippen molar-refractivity contribution in [3.8, 4) is 0 Å². The maximum atomic E-state index is 11.6. The number of carbonyl (C=O) groups excluding carboxylic acids is 1. The zero-order valence-electron chi connectivity index (χ0n) is 10.8. The Bertz CT molecular complexity index is 355. The average Bonchev–Trinajstić information content (AvgIpc) is 2.30. The smallest absolute Gasteiger partial charge is 0.224 e. The second-order valence-corrected chi connectivity index (χ2v) is 4.28. The first-order valence-corrected chi connectivity index (χ1v) is 5.72. The largest absolute Gasteiger partial charge is 0.399 e. The Morgan fingerprint density at radius 1 is 1.39 bits per heavy atom. The van der Waals surface area contributed by atoms with Gasteiger partial charge in [0.25, 0.3) is 0 Å². The summed E-state index contributed by atoms with van der Waals surface area (Å²) in [6.07, 6.45) is 0.389. The third kappa shape index (κ3) is 6.47. The highest BCUT2D eigenvalue weighted by Gasteiger charge is 2.06. The average molecular weight is 273 g/mol. The molecule has 0 saturated carbocycles. The molecule has 0 radical (unpaired) electrons. The number of amides is 1. The third-order valence-electron chi connectivity index (χ3n) is 2.44. The third-order valence-corrected chi connectivity index (χ3v) is 2.44. The standard InChI is InChI=1S/C13H20N2O2.ClH/c1-10(9-17-2)8-15-13(16)7-11-3-5-12(14)6-4-11;/h3-6,10H,7-9,14H2,1-2H3,(H,15,16);1H. The maximum absolute atomic E-state index is 11.6. The topological polar surface area (TPSA) is 64.3 Å². The lowest BCUT2D eigenvalue weighted by atomic mass is 10.1. The van der Waals surface area contributed by atoms with Crippen LogP contribution in [-0.4, -0.2) is 26.2 Å². The number of hydrogen-bond donors (Lipinski definition) is 2. The van der Waals surface area contributed by atoms with Crippen molar-refractivity contribution < 1.29 is 9.53 Å². The summed E-state index contributed by atoms with van der Waals surface area (Å²) < 4.78 is 5.00. The summed E-state index contributed by atoms with van der Waals surface area (Å²) in [5, 5.41) is 2.88. The van der Waals surface area contributed by atoms with Crippen molar-refractivity contribution in [3.63, 3.8) is 0 Å². The molecule has 0 aromatic heterocycles. The van der Waals surface area contributed by atoms with E-state index in [1.165, 1.54) is 0 Å². The molecule has 1 atom stereocenters. The molecule has 1 amide bonds. The molecule has 3 N–H and O–H groups in total. The van der Waals surface area contributed by atoms with Crippen LogP contribution < -0.4 is 11.1 Å². The lowest BCUT2D eigenvalue weighted by Crippen LogP contribution is -2.31. The number of methoxy groups -OCH3 is 1. The Hall–Kier alpha value is -1.26. The van der Waals surface area contributed by atoms with Gasteiger partial charge >= 0.3 is 0 Å². The van der Waals surface area contributed by atoms with Gasteiger partial charge in [0.15, 0.2) is 0 Å². The Kier molecular flexibility index (Phi) is 8.16. The fourth-order valence-corrected chi connectivity index (χ4v) is 1.51. The summed E-state index contributed by atoms with van der Waals surface area (Å²) in [6.45, 7) is 3.33. The van der Waals surface area contributed by atoms with Crippen LogP contribution in [0.3, 0.4) is 0 Å². The second-order valence-electron chi connectivity index (χ2n) is 4.28. The van der Waals surface area contributed by atoms with Gasteiger partial charge < -0.3 is 15.8 Å². The van der Waals surface area contributed by atoms with Crippen LogP contribution >= 0.6 is 12.4 Å². The number of rotatable bonds is 6. The minimum atomic E-state index is 0. The van der Waals surface area contributed by atoms with E-state index >= 15 is 0 Å². The van der Waals surface area contributed by atoms with Crippen LogP contribution in [0.4, 0.5) is 5.69 Å². The quantitative estimate of drug-likeness (QED) is 0.774. The van der Waals surface area contributed by atoms with Crippen molar-refractivity contribution in [2.24, 2.45) is 5.92 Å². The Morgan fingerprint density at radius 2 is 2.00 bits per heavy atom. The number of halogens is 1. The molecular weight excluding hydrogens is 252 g/mol. The minimum absolute atomic E-state index is 0. The van der Waals surface area contributed by atoms with Crippen LogP contribution in [0.25, 0.3) is 0 Å². The molecule has 5 heteroatoms. The van der Waals surface area contributed by atoms with Gasteiger partial charge in [-0.3, -0.25) is 4.79 Å². The first-order valence-electron chi connectivity index (χ1n) is 5.72. The molecule has 0 saturated heterocycles. The van der Waals surface area contributed by atoms with E-state index in [4.69, 9.17) is 10.5 Å². The van der Waals surface area contributed by atoms with Crippen LogP contribution in [0.2, 0.25) is 0 Å². The minimum Gasteiger partial charge on any atom is -0.399 e. The molecule has 0 aliphatic carbocycles. The highest BCUT2D eigenvalue weighted by Crippen LogP contribution is 2.06. The van der Waals surface area contributed by atoms with Crippen molar-refractivity contribution in [3.05, 3.63) is 29.8 Å². The van der Waals surface area contributed by atoms with Gasteiger partial charge in [-0.1, -0.05) is 19.1 Å². The van der Waals surface area contributed by atoms with Gasteiger partial charge in [-0.05, 0) is 23.6 Å². The second kappa shape index (κ2) is 8.78. The summed E-state index contributed by atoms with van der Waals surface area (Å²) in [4.78, 5) is 11.6. The Balaban J connectivity index is 0.00000289. The summed E-state index contributed by atoms with van der Waals surface area (Å²) in [5.41, 5.74) is 7.25. The lowest BCUT2D eigenvalue weighted by molar-refractivity contribution is -0.120. The SMILES string of the molecule is COCC(C)CNC(=O)Cc1ccc(N)cc1.Cl. The number of ether oxygens (including phenoxy) is 1. The number of benzene rings is 1. The van der Waals surface area contributed by atoms with E-state index in [1.807, 2.05) is 19.1 Å². The number of nitrogens with two attached hydrogens (primary N) is 1. The maximum Gasteiger partial charge on any atom is 0.224 e. The summed E-state index contributed by atoms with van der Waals surface area (Å²) >= 11 is 0. The molecule has 0 heterocycles. The number of anilines is 1. The molecule has 1 aromatic rings. The first kappa shape index (κ1) is 16.7. The van der Waals surface area contributed by atoms with Crippen LogP contribution in [0.15, 0.2) is 24.3 Å². The van der Waals surface area contributed by atoms with E-state index in [1.54, 1.807) is 19.2 Å². The van der Waals surface area contributed by atoms with E-state index in [2.05, 4.69) is 5.32 Å². The van der Waals surface area contributed by atoms with Gasteiger partial charge in [0.1, 0.15) is 0 Å². The Labute approximate surface area is 114 Å². The fourth-order valence-electron chi connectivity index (χ4n) is 1.51. The normalized spacial score (nSPS) is 11.4. The van der Waals surface area contributed by atoms with Crippen LogP contribution in [0.1, 0.15) is 12.5 Å². The van der Waals surface area contributed by atoms with Crippen LogP contribution in [0, 0.1) is 5.92 Å². The van der Waals surface area contributed by atoms with Gasteiger partial charge in [0.05, 0.1) is 13.0 Å². The van der Waals surface area contributed by atoms with Gasteiger partial charge in [-0.15, -0.1) is 12.4 Å². The molecule has 4 nitrogen and oxygen atoms in total. The molecule has 0 aliphatic rings. The number of carbonyl (C=O) groups is 1. The predicted octanol–water partition coefficient (Wildman–Crippen LogP) is 1.63. The van der Waals surface area contributed by atoms with Gasteiger partial charge in [0, 0.05) is 19.3 Å². The molecule has 0 spiro atoms. The van der Waals surface area contributed by atoms with Crippen molar-refractivity contribution in [2.45, 2.75) is 13.3 Å². The molecular formula is C13H21ClN2O2. The molecule has 1 rings (SSSR count). The molecule has 1 unspecified atom stereocenters. The van der Waals surface area contributed by atoms with E-state index in [0.717, 1.165) is 5.56 Å². The van der Waals surface area contributed by atoms with E-state index < -0.39 is 0 Å². The van der Waals surface area contributed by atoms with Crippen LogP contribution in [-0.2, 0) is 16.0 Å². The van der Waals surface area contributed by atoms with Gasteiger partial charge in [0.2, 0.25) is 5.91 Å². The molecule has 1 aromatic carbocycles. The predicted molar refractivity (Wildman–Crippen MR) is 75.9 cm³/mol. The zero-order valence-corrected chi connectivity index (χ0v) is 11.6. The number of nitrogen functional groups attached to an aromatic ring is 1. The van der Waals surface area contributed by atoms with Crippen molar-refractivity contribution in [2.75, 3.05) is 26.0 Å². The van der Waals surface area contributed by atoms with Crippen LogP contribution in [0.5, 0.6) is 0 Å². The highest BCUT2D eigenvalue weighted by atomic mass is 35.5. The molecule has 102 valence electrons. The van der Waals surface area contributed by atoms with Gasteiger partial charge in [-0.25, -0.2) is 0 Å².